The summed E-state index contributed by atoms with van der Waals surface area (Å²) in [6, 6.07) is 25.7. The van der Waals surface area contributed by atoms with Gasteiger partial charge in [0.05, 0.1) is 0 Å². The van der Waals surface area contributed by atoms with E-state index in [1.807, 2.05) is 66.7 Å². The first-order valence-electron chi connectivity index (χ1n) is 8.76. The van der Waals surface area contributed by atoms with E-state index in [4.69, 9.17) is 0 Å². The van der Waals surface area contributed by atoms with Crippen LogP contribution in [0.5, 0.6) is 0 Å². The fraction of sp³-hybridized carbons (Fsp3) is 0.174. The summed E-state index contributed by atoms with van der Waals surface area (Å²) in [4.78, 5) is 12.2. The molecule has 0 aliphatic rings. The smallest absolute Gasteiger partial charge is 0.308 e. The maximum atomic E-state index is 12.2. The summed E-state index contributed by atoms with van der Waals surface area (Å²) < 4.78 is 0. The van der Waals surface area contributed by atoms with Gasteiger partial charge in [0, 0.05) is 11.4 Å². The fourth-order valence-corrected chi connectivity index (χ4v) is 2.72. The molecule has 3 aromatic rings. The predicted octanol–water partition coefficient (Wildman–Crippen LogP) is 6.30. The average Bonchev–Trinajstić information content (AvgIpc) is 2.63. The Balaban J connectivity index is 1.61. The van der Waals surface area contributed by atoms with Crippen molar-refractivity contribution in [2.45, 2.75) is 26.2 Å². The molecular formula is C23H24N2O. The summed E-state index contributed by atoms with van der Waals surface area (Å²) in [5.41, 5.74) is 5.14. The van der Waals surface area contributed by atoms with Gasteiger partial charge in [-0.3, -0.25) is 0 Å². The van der Waals surface area contributed by atoms with Gasteiger partial charge in [0.15, 0.2) is 0 Å². The van der Waals surface area contributed by atoms with Gasteiger partial charge in [-0.1, -0.05) is 75.4 Å². The lowest BCUT2D eigenvalue weighted by Gasteiger charge is -2.19. The van der Waals surface area contributed by atoms with E-state index in [0.29, 0.717) is 0 Å². The highest BCUT2D eigenvalue weighted by atomic mass is 16.2. The van der Waals surface area contributed by atoms with E-state index in [0.717, 1.165) is 22.5 Å². The molecular weight excluding hydrogens is 320 g/mol. The van der Waals surface area contributed by atoms with Gasteiger partial charge in [-0.05, 0) is 46.4 Å². The molecule has 0 fully saturated rings. The lowest BCUT2D eigenvalue weighted by atomic mass is 9.87. The van der Waals surface area contributed by atoms with E-state index in [1.165, 1.54) is 5.56 Å². The van der Waals surface area contributed by atoms with E-state index in [9.17, 15) is 4.79 Å². The molecule has 0 aliphatic carbocycles. The summed E-state index contributed by atoms with van der Waals surface area (Å²) in [5, 5.41) is 5.73. The van der Waals surface area contributed by atoms with Crippen molar-refractivity contribution in [1.29, 1.82) is 0 Å². The Morgan fingerprint density at radius 3 is 1.62 bits per heavy atom. The second kappa shape index (κ2) is 7.44. The van der Waals surface area contributed by atoms with E-state index in [-0.39, 0.29) is 11.4 Å². The average molecular weight is 344 g/mol. The Morgan fingerprint density at radius 2 is 1.12 bits per heavy atom. The summed E-state index contributed by atoms with van der Waals surface area (Å²) in [6.45, 7) is 6.50. The molecule has 3 heteroatoms. The van der Waals surface area contributed by atoms with Gasteiger partial charge in [-0.2, -0.15) is 0 Å². The lowest BCUT2D eigenvalue weighted by molar-refractivity contribution is 0.262. The molecule has 0 aliphatic heterocycles. The monoisotopic (exact) mass is 344 g/mol. The van der Waals surface area contributed by atoms with Crippen molar-refractivity contribution in [2.75, 3.05) is 10.6 Å². The summed E-state index contributed by atoms with van der Waals surface area (Å²) in [6.07, 6.45) is 0. The minimum Gasteiger partial charge on any atom is -0.308 e. The number of carbonyl (C=O) groups is 1. The molecule has 132 valence electrons. The molecule has 0 saturated carbocycles. The van der Waals surface area contributed by atoms with Crippen molar-refractivity contribution in [3.05, 3.63) is 84.4 Å². The Labute approximate surface area is 155 Å². The van der Waals surface area contributed by atoms with Gasteiger partial charge >= 0.3 is 6.03 Å². The Kier molecular flexibility index (Phi) is 5.08. The number of urea groups is 1. The van der Waals surface area contributed by atoms with E-state index in [1.54, 1.807) is 0 Å². The highest BCUT2D eigenvalue weighted by Gasteiger charge is 2.13. The molecule has 0 unspecified atom stereocenters. The van der Waals surface area contributed by atoms with E-state index >= 15 is 0 Å². The largest absolute Gasteiger partial charge is 0.323 e. The third-order valence-electron chi connectivity index (χ3n) is 4.26. The Morgan fingerprint density at radius 1 is 0.654 bits per heavy atom. The van der Waals surface area contributed by atoms with Crippen molar-refractivity contribution in [3.8, 4) is 11.1 Å². The third-order valence-corrected chi connectivity index (χ3v) is 4.26. The maximum Gasteiger partial charge on any atom is 0.323 e. The van der Waals surface area contributed by atoms with Crippen LogP contribution >= 0.6 is 0 Å². The zero-order valence-corrected chi connectivity index (χ0v) is 15.4. The first kappa shape index (κ1) is 17.7. The summed E-state index contributed by atoms with van der Waals surface area (Å²) in [7, 11) is 0. The van der Waals surface area contributed by atoms with Crippen LogP contribution in [0.4, 0.5) is 16.2 Å². The Bertz CT molecular complexity index is 861. The standard InChI is InChI=1S/C23H24N2O/c1-23(2,3)19-11-15-21(16-12-19)25-22(26)24-20-13-9-18(10-14-20)17-7-5-4-6-8-17/h4-16H,1-3H3,(H2,24,25,26). The fourth-order valence-electron chi connectivity index (χ4n) is 2.72. The first-order valence-corrected chi connectivity index (χ1v) is 8.76. The maximum absolute atomic E-state index is 12.2. The molecule has 3 nitrogen and oxygen atoms in total. The van der Waals surface area contributed by atoms with Gasteiger partial charge in [0.2, 0.25) is 0 Å². The minimum absolute atomic E-state index is 0.0985. The van der Waals surface area contributed by atoms with Gasteiger partial charge in [0.25, 0.3) is 0 Å². The van der Waals surface area contributed by atoms with Gasteiger partial charge in [0.1, 0.15) is 0 Å². The zero-order valence-electron chi connectivity index (χ0n) is 15.4. The number of rotatable bonds is 3. The summed E-state index contributed by atoms with van der Waals surface area (Å²) in [5.74, 6) is 0. The minimum atomic E-state index is -0.249. The van der Waals surface area contributed by atoms with Crippen molar-refractivity contribution in [3.63, 3.8) is 0 Å². The molecule has 3 rings (SSSR count). The van der Waals surface area contributed by atoms with Crippen LogP contribution in [0.3, 0.4) is 0 Å². The van der Waals surface area contributed by atoms with Gasteiger partial charge < -0.3 is 10.6 Å². The quantitative estimate of drug-likeness (QED) is 0.575. The SMILES string of the molecule is CC(C)(C)c1ccc(NC(=O)Nc2ccc(-c3ccccc3)cc2)cc1. The molecule has 3 aromatic carbocycles. The molecule has 2 N–H and O–H groups in total. The second-order valence-electron chi connectivity index (χ2n) is 7.35. The molecule has 2 amide bonds. The van der Waals surface area contributed by atoms with Crippen LogP contribution in [-0.2, 0) is 5.41 Å². The number of carbonyl (C=O) groups excluding carboxylic acids is 1. The van der Waals surface area contributed by atoms with Gasteiger partial charge in [-0.15, -0.1) is 0 Å². The number of anilines is 2. The molecule has 0 radical (unpaired) electrons. The topological polar surface area (TPSA) is 41.1 Å². The predicted molar refractivity (Wildman–Crippen MR) is 110 cm³/mol. The van der Waals surface area contributed by atoms with Crippen LogP contribution in [-0.4, -0.2) is 6.03 Å². The van der Waals surface area contributed by atoms with Crippen LogP contribution in [0.1, 0.15) is 26.3 Å². The lowest BCUT2D eigenvalue weighted by Crippen LogP contribution is -2.19. The first-order chi connectivity index (χ1) is 12.4. The van der Waals surface area contributed by atoms with Crippen molar-refractivity contribution in [1.82, 2.24) is 0 Å². The second-order valence-corrected chi connectivity index (χ2v) is 7.35. The Hall–Kier alpha value is -3.07. The van der Waals surface area contributed by atoms with Crippen molar-refractivity contribution < 1.29 is 4.79 Å². The number of amides is 2. The molecule has 26 heavy (non-hydrogen) atoms. The normalized spacial score (nSPS) is 11.0. The molecule has 0 saturated heterocycles. The van der Waals surface area contributed by atoms with Crippen molar-refractivity contribution >= 4 is 17.4 Å². The van der Waals surface area contributed by atoms with Crippen LogP contribution in [0.25, 0.3) is 11.1 Å². The third kappa shape index (κ3) is 4.51. The molecule has 0 spiro atoms. The highest BCUT2D eigenvalue weighted by Crippen LogP contribution is 2.24. The number of hydrogen-bond acceptors (Lipinski definition) is 1. The van der Waals surface area contributed by atoms with Gasteiger partial charge in [-0.25, -0.2) is 4.79 Å². The van der Waals surface area contributed by atoms with Crippen LogP contribution in [0, 0.1) is 0 Å². The van der Waals surface area contributed by atoms with E-state index < -0.39 is 0 Å². The van der Waals surface area contributed by atoms with Crippen LogP contribution in [0.2, 0.25) is 0 Å². The number of benzene rings is 3. The number of nitrogens with one attached hydrogen (secondary N) is 2. The molecule has 0 bridgehead atoms. The van der Waals surface area contributed by atoms with Crippen LogP contribution < -0.4 is 10.6 Å². The van der Waals surface area contributed by atoms with E-state index in [2.05, 4.69) is 43.5 Å². The molecule has 0 aromatic heterocycles. The highest BCUT2D eigenvalue weighted by molar-refractivity contribution is 5.99. The zero-order chi connectivity index (χ0) is 18.6. The van der Waals surface area contributed by atoms with Crippen molar-refractivity contribution in [2.24, 2.45) is 0 Å². The van der Waals surface area contributed by atoms with Crippen LogP contribution in [0.15, 0.2) is 78.9 Å². The molecule has 0 heterocycles. The summed E-state index contributed by atoms with van der Waals surface area (Å²) >= 11 is 0. The molecule has 0 atom stereocenters. The number of hydrogen-bond donors (Lipinski definition) is 2.